The highest BCUT2D eigenvalue weighted by molar-refractivity contribution is 7.92. The molecule has 0 bridgehead atoms. The smallest absolute Gasteiger partial charge is 0.291 e. The Labute approximate surface area is 247 Å². The molecule has 0 radical (unpaired) electrons. The van der Waals surface area contributed by atoms with Crippen LogP contribution in [0.15, 0.2) is 12.1 Å². The van der Waals surface area contributed by atoms with E-state index < -0.39 is 17.0 Å². The first kappa shape index (κ1) is 31.8. The van der Waals surface area contributed by atoms with E-state index in [9.17, 15) is 18.8 Å². The molecule has 1 atom stereocenters. The number of aromatic nitrogens is 2. The number of hydrazine groups is 1. The van der Waals surface area contributed by atoms with Gasteiger partial charge in [0.15, 0.2) is 17.2 Å². The van der Waals surface area contributed by atoms with Gasteiger partial charge in [-0.15, -0.1) is 10.2 Å². The summed E-state index contributed by atoms with van der Waals surface area (Å²) in [5.74, 6) is 0.426. The van der Waals surface area contributed by atoms with E-state index in [1.54, 1.807) is 23.6 Å². The lowest BCUT2D eigenvalue weighted by Crippen LogP contribution is -2.55. The van der Waals surface area contributed by atoms with Gasteiger partial charge < -0.3 is 24.7 Å². The molecule has 1 amide bonds. The molecule has 3 N–H and O–H groups in total. The van der Waals surface area contributed by atoms with Crippen LogP contribution >= 0.6 is 37.1 Å². The van der Waals surface area contributed by atoms with Crippen molar-refractivity contribution >= 4 is 65.7 Å². The second kappa shape index (κ2) is 13.3. The monoisotopic (exact) mass is 613 g/mol. The Morgan fingerprint density at radius 3 is 2.65 bits per heavy atom. The number of anilines is 3. The van der Waals surface area contributed by atoms with Crippen LogP contribution < -0.4 is 19.8 Å². The lowest BCUT2D eigenvalue weighted by atomic mass is 10.1. The first-order valence-corrected chi connectivity index (χ1v) is 14.0. The minimum atomic E-state index is -2.74. The van der Waals surface area contributed by atoms with E-state index in [0.29, 0.717) is 42.3 Å². The first-order valence-electron chi connectivity index (χ1n) is 12.5. The summed E-state index contributed by atoms with van der Waals surface area (Å²) in [5, 5.41) is 27.6. The fourth-order valence-corrected chi connectivity index (χ4v) is 5.41. The Bertz CT molecular complexity index is 1250. The number of alkyl halides is 2. The molecule has 2 aliphatic rings. The normalized spacial score (nSPS) is 17.9. The van der Waals surface area contributed by atoms with Gasteiger partial charge in [0, 0.05) is 62.6 Å². The van der Waals surface area contributed by atoms with Gasteiger partial charge in [0.05, 0.1) is 17.4 Å². The van der Waals surface area contributed by atoms with Gasteiger partial charge in [-0.05, 0) is 19.8 Å². The molecule has 16 heteroatoms. The third-order valence-corrected chi connectivity index (χ3v) is 7.90. The summed E-state index contributed by atoms with van der Waals surface area (Å²) in [7, 11) is 1.74. The summed E-state index contributed by atoms with van der Waals surface area (Å²) < 4.78 is 33.8. The van der Waals surface area contributed by atoms with Crippen molar-refractivity contribution in [1.29, 1.82) is 10.7 Å². The standard InChI is InChI=1S/C24H31F2N9O2S2.H2S/c1-14(2)22(36)35-8-7-34(12-15(35)3)19-10-16(37-39-33(4)32-24(13-28)5-6-24)9-18(17(19)11-27)29-23-31-30-21(38-23)20(25)26;/h9-11,14-15,20,27,32H,5-8,12H2,1-4H3,(H,29,31);1H2. The lowest BCUT2D eigenvalue weighted by molar-refractivity contribution is -0.136. The van der Waals surface area contributed by atoms with Crippen LogP contribution in [0.2, 0.25) is 0 Å². The quantitative estimate of drug-likeness (QED) is 0.144. The topological polar surface area (TPSA) is 134 Å². The highest BCUT2D eigenvalue weighted by Crippen LogP contribution is 2.38. The molecule has 1 aliphatic heterocycles. The van der Waals surface area contributed by atoms with Gasteiger partial charge in [0.1, 0.15) is 11.3 Å². The van der Waals surface area contributed by atoms with E-state index in [1.807, 2.05) is 25.7 Å². The fraction of sp³-hybridized carbons (Fsp3) is 0.542. The minimum Gasteiger partial charge on any atom is -0.408 e. The van der Waals surface area contributed by atoms with Gasteiger partial charge >= 0.3 is 0 Å². The molecule has 2 fully saturated rings. The number of rotatable bonds is 11. The van der Waals surface area contributed by atoms with Crippen LogP contribution in [0.25, 0.3) is 0 Å². The lowest BCUT2D eigenvalue weighted by Gasteiger charge is -2.42. The molecule has 0 spiro atoms. The third kappa shape index (κ3) is 7.32. The van der Waals surface area contributed by atoms with Crippen molar-refractivity contribution in [2.75, 3.05) is 36.9 Å². The number of nitrogens with one attached hydrogen (secondary N) is 3. The SMILES string of the molecule is CC(C)C(=O)N1CCN(c2cc(OSN(C)NC3(C#N)CC3)cc(Nc3nnc(C(F)F)s3)c2C=N)CC1C.S. The van der Waals surface area contributed by atoms with Gasteiger partial charge in [-0.3, -0.25) is 4.79 Å². The van der Waals surface area contributed by atoms with Crippen LogP contribution in [0.3, 0.4) is 0 Å². The van der Waals surface area contributed by atoms with E-state index >= 15 is 0 Å². The summed E-state index contributed by atoms with van der Waals surface area (Å²) in [5.41, 5.74) is 4.19. The summed E-state index contributed by atoms with van der Waals surface area (Å²) in [6.45, 7) is 7.35. The van der Waals surface area contributed by atoms with E-state index in [0.717, 1.165) is 36.4 Å². The summed E-state index contributed by atoms with van der Waals surface area (Å²) in [6, 6.07) is 5.67. The number of halogens is 2. The Hall–Kier alpha value is -2.71. The van der Waals surface area contributed by atoms with Crippen molar-refractivity contribution in [2.24, 2.45) is 5.92 Å². The zero-order chi connectivity index (χ0) is 28.3. The Morgan fingerprint density at radius 1 is 1.38 bits per heavy atom. The van der Waals surface area contributed by atoms with Crippen LogP contribution in [0, 0.1) is 22.7 Å². The number of nitriles is 1. The molecular weight excluding hydrogens is 581 g/mol. The second-order valence-electron chi connectivity index (χ2n) is 9.86. The molecule has 1 saturated heterocycles. The molecule has 1 aromatic carbocycles. The zero-order valence-electron chi connectivity index (χ0n) is 22.6. The third-order valence-electron chi connectivity index (χ3n) is 6.47. The molecule has 1 aromatic heterocycles. The predicted molar refractivity (Wildman–Crippen MR) is 158 cm³/mol. The maximum atomic E-state index is 13.1. The molecule has 2 heterocycles. The maximum Gasteiger partial charge on any atom is 0.291 e. The minimum absolute atomic E-state index is 0. The Balaban J connectivity index is 0.00000441. The van der Waals surface area contributed by atoms with Gasteiger partial charge in [0.2, 0.25) is 11.0 Å². The average molecular weight is 614 g/mol. The second-order valence-corrected chi connectivity index (χ2v) is 11.7. The van der Waals surface area contributed by atoms with Gasteiger partial charge in [-0.1, -0.05) is 25.2 Å². The number of carbonyl (C=O) groups is 1. The number of amides is 1. The molecule has 4 rings (SSSR count). The molecule has 2 aromatic rings. The first-order chi connectivity index (χ1) is 18.6. The van der Waals surface area contributed by atoms with Crippen LogP contribution in [0.4, 0.5) is 25.3 Å². The van der Waals surface area contributed by atoms with Crippen molar-refractivity contribution in [3.8, 4) is 11.8 Å². The maximum absolute atomic E-state index is 13.1. The molecular formula is C24H33F2N9O2S3. The average Bonchev–Trinajstić information content (AvgIpc) is 3.51. The molecule has 11 nitrogen and oxygen atoms in total. The van der Waals surface area contributed by atoms with E-state index in [4.69, 9.17) is 9.59 Å². The summed E-state index contributed by atoms with van der Waals surface area (Å²) in [6.07, 6.45) is -0.0317. The molecule has 218 valence electrons. The van der Waals surface area contributed by atoms with Crippen molar-refractivity contribution in [1.82, 2.24) is 24.9 Å². The number of hydrogen-bond acceptors (Lipinski definition) is 12. The largest absolute Gasteiger partial charge is 0.408 e. The van der Waals surface area contributed by atoms with Crippen LogP contribution in [-0.4, -0.2) is 69.9 Å². The van der Waals surface area contributed by atoms with Crippen LogP contribution in [0.5, 0.6) is 5.75 Å². The molecule has 1 unspecified atom stereocenters. The number of hydrogen-bond donors (Lipinski definition) is 3. The molecule has 40 heavy (non-hydrogen) atoms. The number of carbonyl (C=O) groups excluding carboxylic acids is 1. The van der Waals surface area contributed by atoms with Crippen LogP contribution in [-0.2, 0) is 4.79 Å². The highest BCUT2D eigenvalue weighted by atomic mass is 32.2. The molecule has 1 saturated carbocycles. The summed E-state index contributed by atoms with van der Waals surface area (Å²) in [4.78, 5) is 16.6. The fourth-order valence-electron chi connectivity index (χ4n) is 4.29. The number of benzene rings is 1. The predicted octanol–water partition coefficient (Wildman–Crippen LogP) is 4.46. The van der Waals surface area contributed by atoms with E-state index in [-0.39, 0.29) is 36.5 Å². The van der Waals surface area contributed by atoms with Gasteiger partial charge in [0.25, 0.3) is 6.43 Å². The van der Waals surface area contributed by atoms with E-state index in [1.165, 1.54) is 6.21 Å². The van der Waals surface area contributed by atoms with Crippen LogP contribution in [0.1, 0.15) is 50.6 Å². The van der Waals surface area contributed by atoms with Crippen molar-refractivity contribution in [2.45, 2.75) is 51.6 Å². The van der Waals surface area contributed by atoms with Crippen molar-refractivity contribution in [3.63, 3.8) is 0 Å². The van der Waals surface area contributed by atoms with Gasteiger partial charge in [-0.25, -0.2) is 14.2 Å². The molecule has 1 aliphatic carbocycles. The summed E-state index contributed by atoms with van der Waals surface area (Å²) >= 11 is 1.73. The van der Waals surface area contributed by atoms with Crippen molar-refractivity contribution in [3.05, 3.63) is 22.7 Å². The zero-order valence-corrected chi connectivity index (χ0v) is 25.2. The Morgan fingerprint density at radius 2 is 2.10 bits per heavy atom. The van der Waals surface area contributed by atoms with E-state index in [2.05, 4.69) is 31.9 Å². The highest BCUT2D eigenvalue weighted by Gasteiger charge is 2.44. The van der Waals surface area contributed by atoms with Crippen molar-refractivity contribution < 1.29 is 17.8 Å². The number of piperazine rings is 1. The number of nitrogens with zero attached hydrogens (tertiary/aromatic N) is 6. The Kier molecular flexibility index (Phi) is 10.6. The van der Waals surface area contributed by atoms with Gasteiger partial charge in [-0.2, -0.15) is 23.2 Å².